The molecule has 3 nitrogen and oxygen atoms in total. The van der Waals surface area contributed by atoms with Crippen molar-refractivity contribution in [1.29, 1.82) is 0 Å². The molecule has 14 heavy (non-hydrogen) atoms. The van der Waals surface area contributed by atoms with E-state index in [0.717, 1.165) is 38.8 Å². The molecule has 2 aliphatic rings. The standard InChI is InChI=1S/C11H19NO2/c1-11(4-5-11)10(14)12-6-2-3-9(7-12)8-13/h9,13H,2-8H2,1H3/t9-/m0/s1. The zero-order valence-electron chi connectivity index (χ0n) is 8.83. The maximum Gasteiger partial charge on any atom is 0.228 e. The molecule has 1 atom stereocenters. The first-order valence-corrected chi connectivity index (χ1v) is 5.56. The highest BCUT2D eigenvalue weighted by Gasteiger charge is 2.47. The van der Waals surface area contributed by atoms with Gasteiger partial charge in [-0.05, 0) is 31.6 Å². The van der Waals surface area contributed by atoms with Crippen molar-refractivity contribution in [2.24, 2.45) is 11.3 Å². The Morgan fingerprint density at radius 3 is 2.86 bits per heavy atom. The van der Waals surface area contributed by atoms with E-state index < -0.39 is 0 Å². The van der Waals surface area contributed by atoms with Crippen LogP contribution >= 0.6 is 0 Å². The van der Waals surface area contributed by atoms with E-state index in [1.807, 2.05) is 4.90 Å². The number of amides is 1. The third-order valence-electron chi connectivity index (χ3n) is 3.58. The van der Waals surface area contributed by atoms with Crippen LogP contribution in [0.2, 0.25) is 0 Å². The van der Waals surface area contributed by atoms with Crippen molar-refractivity contribution >= 4 is 5.91 Å². The minimum Gasteiger partial charge on any atom is -0.396 e. The first-order valence-electron chi connectivity index (χ1n) is 5.56. The molecule has 1 aliphatic heterocycles. The molecule has 1 heterocycles. The second-order valence-corrected chi connectivity index (χ2v) is 5.00. The van der Waals surface area contributed by atoms with E-state index in [4.69, 9.17) is 5.11 Å². The number of hydrogen-bond donors (Lipinski definition) is 1. The highest BCUT2D eigenvalue weighted by atomic mass is 16.3. The first kappa shape index (κ1) is 9.97. The first-order chi connectivity index (χ1) is 6.65. The van der Waals surface area contributed by atoms with Crippen LogP contribution in [-0.2, 0) is 4.79 Å². The number of aliphatic hydroxyl groups is 1. The Balaban J connectivity index is 1.93. The molecule has 1 saturated heterocycles. The van der Waals surface area contributed by atoms with Gasteiger partial charge in [-0.15, -0.1) is 0 Å². The van der Waals surface area contributed by atoms with E-state index in [-0.39, 0.29) is 12.0 Å². The second kappa shape index (κ2) is 3.54. The van der Waals surface area contributed by atoms with Crippen LogP contribution < -0.4 is 0 Å². The molecule has 2 rings (SSSR count). The highest BCUT2D eigenvalue weighted by Crippen LogP contribution is 2.46. The van der Waals surface area contributed by atoms with Crippen LogP contribution in [-0.4, -0.2) is 35.6 Å². The predicted molar refractivity (Wildman–Crippen MR) is 53.7 cm³/mol. The predicted octanol–water partition coefficient (Wildman–Crippen LogP) is 1.02. The largest absolute Gasteiger partial charge is 0.396 e. The Bertz CT molecular complexity index is 235. The van der Waals surface area contributed by atoms with Gasteiger partial charge in [0.25, 0.3) is 0 Å². The summed E-state index contributed by atoms with van der Waals surface area (Å²) in [7, 11) is 0. The SMILES string of the molecule is CC1(C(=O)N2CCC[C@H](CO)C2)CC1. The van der Waals surface area contributed by atoms with Crippen molar-refractivity contribution in [1.82, 2.24) is 4.90 Å². The Morgan fingerprint density at radius 2 is 2.29 bits per heavy atom. The summed E-state index contributed by atoms with van der Waals surface area (Å²) in [5, 5.41) is 9.07. The monoisotopic (exact) mass is 197 g/mol. The fourth-order valence-electron chi connectivity index (χ4n) is 2.18. The Kier molecular flexibility index (Phi) is 2.52. The molecule has 1 saturated carbocycles. The van der Waals surface area contributed by atoms with Gasteiger partial charge in [0.05, 0.1) is 0 Å². The number of nitrogens with zero attached hydrogens (tertiary/aromatic N) is 1. The van der Waals surface area contributed by atoms with Gasteiger partial charge in [-0.2, -0.15) is 0 Å². The molecule has 0 aromatic carbocycles. The molecular formula is C11H19NO2. The zero-order chi connectivity index (χ0) is 10.2. The van der Waals surface area contributed by atoms with Crippen LogP contribution in [0.15, 0.2) is 0 Å². The number of carbonyl (C=O) groups excluding carboxylic acids is 1. The lowest BCUT2D eigenvalue weighted by molar-refractivity contribution is -0.138. The molecule has 0 radical (unpaired) electrons. The number of hydrogen-bond acceptors (Lipinski definition) is 2. The average Bonchev–Trinajstić information content (AvgIpc) is 2.97. The molecule has 3 heteroatoms. The molecular weight excluding hydrogens is 178 g/mol. The van der Waals surface area contributed by atoms with E-state index in [2.05, 4.69) is 6.92 Å². The van der Waals surface area contributed by atoms with E-state index in [1.54, 1.807) is 0 Å². The third-order valence-corrected chi connectivity index (χ3v) is 3.58. The van der Waals surface area contributed by atoms with E-state index in [1.165, 1.54) is 0 Å². The van der Waals surface area contributed by atoms with Gasteiger partial charge >= 0.3 is 0 Å². The topological polar surface area (TPSA) is 40.5 Å². The van der Waals surface area contributed by atoms with Gasteiger partial charge in [0, 0.05) is 25.1 Å². The summed E-state index contributed by atoms with van der Waals surface area (Å²) in [4.78, 5) is 13.9. The molecule has 0 aromatic heterocycles. The van der Waals surface area contributed by atoms with Gasteiger partial charge < -0.3 is 10.0 Å². The van der Waals surface area contributed by atoms with Gasteiger partial charge in [0.2, 0.25) is 5.91 Å². The van der Waals surface area contributed by atoms with Crippen LogP contribution in [0.4, 0.5) is 0 Å². The van der Waals surface area contributed by atoms with Crippen molar-refractivity contribution in [3.63, 3.8) is 0 Å². The summed E-state index contributed by atoms with van der Waals surface area (Å²) in [5.74, 6) is 0.630. The van der Waals surface area contributed by atoms with Crippen LogP contribution in [0.5, 0.6) is 0 Å². The van der Waals surface area contributed by atoms with Crippen LogP contribution in [0, 0.1) is 11.3 Å². The Labute approximate surface area is 85.1 Å². The van der Waals surface area contributed by atoms with Crippen molar-refractivity contribution in [3.05, 3.63) is 0 Å². The molecule has 1 amide bonds. The Morgan fingerprint density at radius 1 is 1.57 bits per heavy atom. The van der Waals surface area contributed by atoms with Crippen molar-refractivity contribution < 1.29 is 9.90 Å². The van der Waals surface area contributed by atoms with Gasteiger partial charge in [-0.3, -0.25) is 4.79 Å². The number of carbonyl (C=O) groups is 1. The molecule has 0 bridgehead atoms. The average molecular weight is 197 g/mol. The lowest BCUT2D eigenvalue weighted by Gasteiger charge is -2.33. The number of piperidine rings is 1. The number of likely N-dealkylation sites (tertiary alicyclic amines) is 1. The summed E-state index contributed by atoms with van der Waals surface area (Å²) in [5.41, 5.74) is -0.0443. The minimum absolute atomic E-state index is 0.0443. The summed E-state index contributed by atoms with van der Waals surface area (Å²) in [6.45, 7) is 3.94. The molecule has 2 fully saturated rings. The fourth-order valence-corrected chi connectivity index (χ4v) is 2.18. The van der Waals surface area contributed by atoms with Gasteiger partial charge in [0.1, 0.15) is 0 Å². The fraction of sp³-hybridized carbons (Fsp3) is 0.909. The Hall–Kier alpha value is -0.570. The highest BCUT2D eigenvalue weighted by molar-refractivity contribution is 5.85. The smallest absolute Gasteiger partial charge is 0.228 e. The van der Waals surface area contributed by atoms with E-state index in [9.17, 15) is 4.79 Å². The number of rotatable bonds is 2. The van der Waals surface area contributed by atoms with Crippen LogP contribution in [0.25, 0.3) is 0 Å². The van der Waals surface area contributed by atoms with Crippen molar-refractivity contribution in [2.75, 3.05) is 19.7 Å². The third kappa shape index (κ3) is 1.78. The molecule has 1 aliphatic carbocycles. The quantitative estimate of drug-likeness (QED) is 0.718. The van der Waals surface area contributed by atoms with Gasteiger partial charge in [-0.25, -0.2) is 0 Å². The van der Waals surface area contributed by atoms with Crippen LogP contribution in [0.1, 0.15) is 32.6 Å². The molecule has 80 valence electrons. The maximum atomic E-state index is 12.0. The van der Waals surface area contributed by atoms with Gasteiger partial charge in [-0.1, -0.05) is 6.92 Å². The molecule has 0 unspecified atom stereocenters. The van der Waals surface area contributed by atoms with Crippen LogP contribution in [0.3, 0.4) is 0 Å². The minimum atomic E-state index is -0.0443. The summed E-state index contributed by atoms with van der Waals surface area (Å²) >= 11 is 0. The number of aliphatic hydroxyl groups excluding tert-OH is 1. The zero-order valence-corrected chi connectivity index (χ0v) is 8.83. The van der Waals surface area contributed by atoms with Crippen molar-refractivity contribution in [3.8, 4) is 0 Å². The maximum absolute atomic E-state index is 12.0. The molecule has 0 aromatic rings. The summed E-state index contributed by atoms with van der Waals surface area (Å²) < 4.78 is 0. The summed E-state index contributed by atoms with van der Waals surface area (Å²) in [6.07, 6.45) is 4.21. The molecule has 0 spiro atoms. The van der Waals surface area contributed by atoms with E-state index >= 15 is 0 Å². The lowest BCUT2D eigenvalue weighted by atomic mass is 9.97. The van der Waals surface area contributed by atoms with Gasteiger partial charge in [0.15, 0.2) is 0 Å². The van der Waals surface area contributed by atoms with E-state index in [0.29, 0.717) is 11.8 Å². The lowest BCUT2D eigenvalue weighted by Crippen LogP contribution is -2.43. The summed E-state index contributed by atoms with van der Waals surface area (Å²) in [6, 6.07) is 0. The van der Waals surface area contributed by atoms with Crippen molar-refractivity contribution in [2.45, 2.75) is 32.6 Å². The second-order valence-electron chi connectivity index (χ2n) is 5.00. The molecule has 1 N–H and O–H groups in total. The normalized spacial score (nSPS) is 30.1.